The highest BCUT2D eigenvalue weighted by Crippen LogP contribution is 2.17. The molecule has 0 radical (unpaired) electrons. The van der Waals surface area contributed by atoms with Gasteiger partial charge in [-0.15, -0.1) is 0 Å². The summed E-state index contributed by atoms with van der Waals surface area (Å²) in [5.41, 5.74) is 0. The van der Waals surface area contributed by atoms with Gasteiger partial charge in [-0.2, -0.15) is 0 Å². The smallest absolute Gasteiger partial charge is 0.306 e. The number of esters is 3. The molecule has 6 nitrogen and oxygen atoms in total. The van der Waals surface area contributed by atoms with Crippen LogP contribution in [0.4, 0.5) is 0 Å². The van der Waals surface area contributed by atoms with E-state index in [4.69, 9.17) is 14.2 Å². The average Bonchev–Trinajstić information content (AvgIpc) is 3.47. The first kappa shape index (κ1) is 77.3. The zero-order valence-electron chi connectivity index (χ0n) is 53.5. The molecular formula is C75H130O6. The van der Waals surface area contributed by atoms with Crippen molar-refractivity contribution in [2.45, 2.75) is 348 Å². The van der Waals surface area contributed by atoms with Gasteiger partial charge < -0.3 is 14.2 Å². The normalized spacial score (nSPS) is 12.7. The second-order valence-corrected chi connectivity index (χ2v) is 23.1. The van der Waals surface area contributed by atoms with Crippen molar-refractivity contribution < 1.29 is 28.6 Å². The van der Waals surface area contributed by atoms with Crippen LogP contribution < -0.4 is 0 Å². The molecule has 6 heteroatoms. The molecule has 0 aromatic heterocycles. The quantitative estimate of drug-likeness (QED) is 0.0261. The van der Waals surface area contributed by atoms with Crippen LogP contribution in [0.1, 0.15) is 342 Å². The van der Waals surface area contributed by atoms with E-state index >= 15 is 0 Å². The molecule has 0 rings (SSSR count). The van der Waals surface area contributed by atoms with Crippen molar-refractivity contribution in [1.82, 2.24) is 0 Å². The Labute approximate surface area is 502 Å². The van der Waals surface area contributed by atoms with E-state index in [1.165, 1.54) is 186 Å². The van der Waals surface area contributed by atoms with E-state index in [9.17, 15) is 14.4 Å². The van der Waals surface area contributed by atoms with Crippen molar-refractivity contribution in [3.8, 4) is 0 Å². The predicted octanol–water partition coefficient (Wildman–Crippen LogP) is 24.0. The molecular weight excluding hydrogens is 997 g/mol. The van der Waals surface area contributed by atoms with E-state index in [0.29, 0.717) is 19.3 Å². The molecule has 1 atom stereocenters. The summed E-state index contributed by atoms with van der Waals surface area (Å²) in [6, 6.07) is 0. The van der Waals surface area contributed by atoms with Crippen LogP contribution in [0.2, 0.25) is 0 Å². The van der Waals surface area contributed by atoms with E-state index in [1.54, 1.807) is 0 Å². The maximum atomic E-state index is 13.0. The molecule has 0 spiro atoms. The van der Waals surface area contributed by atoms with Gasteiger partial charge >= 0.3 is 17.9 Å². The molecule has 0 aliphatic heterocycles. The Morgan fingerprint density at radius 3 is 0.753 bits per heavy atom. The SMILES string of the molecule is CC/C=C\C/C=C\C/C=C\C/C=C\C/C=C\C/C=C\CCCCCCCCC(=O)OCC(COC(=O)CCCCCCCCCCCCCCCCCCC)OC(=O)CCCCCCCCCCC/C=C\C/C=C\CCCCCCC. The summed E-state index contributed by atoms with van der Waals surface area (Å²) in [6.45, 7) is 6.55. The summed E-state index contributed by atoms with van der Waals surface area (Å²) in [6.07, 6.45) is 92.7. The molecule has 0 aliphatic carbocycles. The first-order valence-electron chi connectivity index (χ1n) is 34.7. The fraction of sp³-hybridized carbons (Fsp3) is 0.747. The minimum Gasteiger partial charge on any atom is -0.462 e. The minimum absolute atomic E-state index is 0.0810. The van der Waals surface area contributed by atoms with Crippen LogP contribution in [-0.4, -0.2) is 37.2 Å². The first-order valence-corrected chi connectivity index (χ1v) is 34.7. The maximum Gasteiger partial charge on any atom is 0.306 e. The lowest BCUT2D eigenvalue weighted by Gasteiger charge is -2.18. The Morgan fingerprint density at radius 2 is 0.481 bits per heavy atom. The second kappa shape index (κ2) is 68.8. The summed E-state index contributed by atoms with van der Waals surface area (Å²) >= 11 is 0. The molecule has 0 saturated carbocycles. The van der Waals surface area contributed by atoms with Crippen LogP contribution in [0.25, 0.3) is 0 Å². The number of ether oxygens (including phenoxy) is 3. The van der Waals surface area contributed by atoms with Gasteiger partial charge in [0.1, 0.15) is 13.2 Å². The van der Waals surface area contributed by atoms with Gasteiger partial charge in [0.2, 0.25) is 0 Å². The van der Waals surface area contributed by atoms with Crippen LogP contribution in [0.5, 0.6) is 0 Å². The molecule has 1 unspecified atom stereocenters. The Bertz CT molecular complexity index is 1580. The van der Waals surface area contributed by atoms with Gasteiger partial charge in [-0.05, 0) is 103 Å². The summed E-state index contributed by atoms with van der Waals surface area (Å²) in [4.78, 5) is 38.5. The Morgan fingerprint density at radius 1 is 0.259 bits per heavy atom. The monoisotopic (exact) mass is 1130 g/mol. The Hall–Kier alpha value is -3.67. The highest BCUT2D eigenvalue weighted by molar-refractivity contribution is 5.71. The minimum atomic E-state index is -0.788. The van der Waals surface area contributed by atoms with Crippen LogP contribution in [0.3, 0.4) is 0 Å². The summed E-state index contributed by atoms with van der Waals surface area (Å²) in [5.74, 6) is -0.883. The van der Waals surface area contributed by atoms with Crippen molar-refractivity contribution in [2.75, 3.05) is 13.2 Å². The largest absolute Gasteiger partial charge is 0.462 e. The zero-order valence-corrected chi connectivity index (χ0v) is 53.5. The van der Waals surface area contributed by atoms with Gasteiger partial charge in [-0.1, -0.05) is 317 Å². The lowest BCUT2D eigenvalue weighted by atomic mass is 10.0. The molecule has 0 bridgehead atoms. The van der Waals surface area contributed by atoms with Crippen LogP contribution in [0, 0.1) is 0 Å². The lowest BCUT2D eigenvalue weighted by Crippen LogP contribution is -2.30. The van der Waals surface area contributed by atoms with Crippen molar-refractivity contribution >= 4 is 17.9 Å². The van der Waals surface area contributed by atoms with Crippen molar-refractivity contribution in [3.05, 3.63) is 97.2 Å². The molecule has 0 aromatic rings. The van der Waals surface area contributed by atoms with Crippen molar-refractivity contribution in [2.24, 2.45) is 0 Å². The highest BCUT2D eigenvalue weighted by atomic mass is 16.6. The number of carbonyl (C=O) groups is 3. The molecule has 466 valence electrons. The highest BCUT2D eigenvalue weighted by Gasteiger charge is 2.19. The number of unbranched alkanes of at least 4 members (excludes halogenated alkanes) is 36. The fourth-order valence-corrected chi connectivity index (χ4v) is 9.89. The van der Waals surface area contributed by atoms with Gasteiger partial charge in [0, 0.05) is 19.3 Å². The molecule has 0 amide bonds. The number of carbonyl (C=O) groups excluding carboxylic acids is 3. The van der Waals surface area contributed by atoms with Gasteiger partial charge in [0.05, 0.1) is 0 Å². The average molecular weight is 1130 g/mol. The molecule has 0 aliphatic rings. The summed E-state index contributed by atoms with van der Waals surface area (Å²) in [7, 11) is 0. The van der Waals surface area contributed by atoms with E-state index in [1.807, 2.05) is 0 Å². The predicted molar refractivity (Wildman–Crippen MR) is 353 cm³/mol. The number of rotatable bonds is 63. The lowest BCUT2D eigenvalue weighted by molar-refractivity contribution is -0.167. The Balaban J connectivity index is 4.40. The van der Waals surface area contributed by atoms with E-state index < -0.39 is 6.10 Å². The first-order chi connectivity index (χ1) is 40.0. The summed E-state index contributed by atoms with van der Waals surface area (Å²) < 4.78 is 17.0. The third-order valence-corrected chi connectivity index (χ3v) is 15.1. The standard InChI is InChI=1S/C75H130O6/c1-4-7-10-13-16-19-22-25-28-31-33-35-36-37-38-40-41-44-47-50-53-56-59-62-65-68-74(77)80-71-72(70-79-73(76)67-64-61-58-55-52-49-46-43-30-27-24-21-18-15-12-9-6-3)81-75(78)69-66-63-60-57-54-51-48-45-42-39-34-32-29-26-23-20-17-14-11-8-5-2/h7,10,16,19,23,25-26,28,32-35,37-38,41,44,72H,4-6,8-9,11-15,17-18,20-22,24,27,29-31,36,39-40,42-43,45-71H2,1-3H3/b10-7-,19-16-,26-23-,28-25-,34-32-,35-33-,38-37-,44-41-. The third kappa shape index (κ3) is 67.0. The second-order valence-electron chi connectivity index (χ2n) is 23.1. The number of allylic oxidation sites excluding steroid dienone is 16. The summed E-state index contributed by atoms with van der Waals surface area (Å²) in [5, 5.41) is 0. The van der Waals surface area contributed by atoms with E-state index in [0.717, 1.165) is 116 Å². The van der Waals surface area contributed by atoms with Crippen molar-refractivity contribution in [1.29, 1.82) is 0 Å². The molecule has 0 fully saturated rings. The maximum absolute atomic E-state index is 13.0. The fourth-order valence-electron chi connectivity index (χ4n) is 9.89. The van der Waals surface area contributed by atoms with Gasteiger partial charge in [0.25, 0.3) is 0 Å². The Kier molecular flexibility index (Phi) is 65.7. The van der Waals surface area contributed by atoms with Crippen molar-refractivity contribution in [3.63, 3.8) is 0 Å². The number of hydrogen-bond acceptors (Lipinski definition) is 6. The zero-order chi connectivity index (χ0) is 58.5. The van der Waals surface area contributed by atoms with Gasteiger partial charge in [-0.25, -0.2) is 0 Å². The third-order valence-electron chi connectivity index (χ3n) is 15.1. The van der Waals surface area contributed by atoms with Gasteiger partial charge in [-0.3, -0.25) is 14.4 Å². The molecule has 0 saturated heterocycles. The van der Waals surface area contributed by atoms with Gasteiger partial charge in [0.15, 0.2) is 6.10 Å². The van der Waals surface area contributed by atoms with Crippen LogP contribution >= 0.6 is 0 Å². The van der Waals surface area contributed by atoms with Crippen LogP contribution in [-0.2, 0) is 28.6 Å². The number of hydrogen-bond donors (Lipinski definition) is 0. The van der Waals surface area contributed by atoms with E-state index in [2.05, 4.69) is 118 Å². The molecule has 0 heterocycles. The molecule has 0 aromatic carbocycles. The molecule has 81 heavy (non-hydrogen) atoms. The van der Waals surface area contributed by atoms with E-state index in [-0.39, 0.29) is 31.1 Å². The topological polar surface area (TPSA) is 78.9 Å². The van der Waals surface area contributed by atoms with Crippen LogP contribution in [0.15, 0.2) is 97.2 Å². The molecule has 0 N–H and O–H groups in total.